The van der Waals surface area contributed by atoms with Crippen LogP contribution >= 0.6 is 0 Å². The highest BCUT2D eigenvalue weighted by Gasteiger charge is 2.34. The molecule has 2 aliphatic heterocycles. The van der Waals surface area contributed by atoms with Gasteiger partial charge in [0, 0.05) is 31.7 Å². The van der Waals surface area contributed by atoms with Crippen LogP contribution in [0.4, 0.5) is 0 Å². The fourth-order valence-corrected chi connectivity index (χ4v) is 7.38. The lowest BCUT2D eigenvalue weighted by atomic mass is 10.0. The van der Waals surface area contributed by atoms with Gasteiger partial charge in [-0.1, -0.05) is 0 Å². The number of hydrogen-bond acceptors (Lipinski definition) is 9. The Morgan fingerprint density at radius 2 is 1.69 bits per heavy atom. The summed E-state index contributed by atoms with van der Waals surface area (Å²) in [4.78, 5) is 35.2. The molecule has 1 atom stereocenters. The van der Waals surface area contributed by atoms with Crippen LogP contribution in [0.5, 0.6) is 11.5 Å². The lowest BCUT2D eigenvalue weighted by Crippen LogP contribution is -2.50. The average molecular weight is 594 g/mol. The van der Waals surface area contributed by atoms with Crippen molar-refractivity contribution in [3.8, 4) is 22.8 Å². The van der Waals surface area contributed by atoms with E-state index in [-0.39, 0.29) is 35.1 Å². The topological polar surface area (TPSA) is 137 Å². The van der Waals surface area contributed by atoms with Gasteiger partial charge in [0.05, 0.1) is 60.4 Å². The van der Waals surface area contributed by atoms with Gasteiger partial charge < -0.3 is 23.7 Å². The third kappa shape index (κ3) is 4.97. The first-order valence-corrected chi connectivity index (χ1v) is 15.5. The van der Waals surface area contributed by atoms with E-state index in [9.17, 15) is 18.0 Å². The van der Waals surface area contributed by atoms with Crippen molar-refractivity contribution >= 4 is 32.7 Å². The number of pyridine rings is 1. The zero-order chi connectivity index (χ0) is 29.6. The molecule has 42 heavy (non-hydrogen) atoms. The first-order valence-electron chi connectivity index (χ1n) is 13.6. The fraction of sp³-hybridized carbons (Fsp3) is 0.379. The van der Waals surface area contributed by atoms with Crippen LogP contribution in [0.3, 0.4) is 0 Å². The van der Waals surface area contributed by atoms with Crippen LogP contribution in [0.2, 0.25) is 0 Å². The summed E-state index contributed by atoms with van der Waals surface area (Å²) < 4.78 is 42.5. The summed E-state index contributed by atoms with van der Waals surface area (Å²) in [6.07, 6.45) is 1.89. The van der Waals surface area contributed by atoms with E-state index in [1.807, 2.05) is 6.07 Å². The molecule has 1 aromatic carbocycles. The third-order valence-corrected chi connectivity index (χ3v) is 9.64. The molecule has 0 radical (unpaired) electrons. The Morgan fingerprint density at radius 3 is 2.31 bits per heavy atom. The second-order valence-corrected chi connectivity index (χ2v) is 12.7. The van der Waals surface area contributed by atoms with Crippen LogP contribution in [0, 0.1) is 6.92 Å². The maximum atomic E-state index is 14.1. The standard InChI is InChI=1S/C29H31N5O7S/c1-18-26-21(28(35)32-9-11-33(12-10-32)29(36)24-5-4-13-41-24)16-22(19-6-7-23(39-2)25(15-19)40-3)30-27(26)34(31-18)20-8-14-42(37,38)17-20/h4-7,13,15-16,20H,8-12,14,17H2,1-3H3. The third-order valence-electron chi connectivity index (χ3n) is 7.89. The van der Waals surface area contributed by atoms with E-state index in [0.29, 0.717) is 77.6 Å². The maximum Gasteiger partial charge on any atom is 0.289 e. The number of hydrogen-bond donors (Lipinski definition) is 0. The number of carbonyl (C=O) groups is 2. The van der Waals surface area contributed by atoms with Gasteiger partial charge in [-0.3, -0.25) is 9.59 Å². The predicted octanol–water partition coefficient (Wildman–Crippen LogP) is 2.97. The highest BCUT2D eigenvalue weighted by Crippen LogP contribution is 2.36. The summed E-state index contributed by atoms with van der Waals surface area (Å²) in [7, 11) is -0.0901. The monoisotopic (exact) mass is 593 g/mol. The van der Waals surface area contributed by atoms with Crippen molar-refractivity contribution in [1.82, 2.24) is 24.6 Å². The number of amides is 2. The highest BCUT2D eigenvalue weighted by atomic mass is 32.2. The molecular formula is C29H31N5O7S. The number of methoxy groups -OCH3 is 2. The number of benzene rings is 1. The number of piperazine rings is 1. The van der Waals surface area contributed by atoms with Crippen molar-refractivity contribution in [2.75, 3.05) is 51.9 Å². The van der Waals surface area contributed by atoms with Gasteiger partial charge >= 0.3 is 0 Å². The van der Waals surface area contributed by atoms with Crippen LogP contribution < -0.4 is 9.47 Å². The summed E-state index contributed by atoms with van der Waals surface area (Å²) in [6, 6.07) is 10.0. The molecule has 0 saturated carbocycles. The van der Waals surface area contributed by atoms with Gasteiger partial charge in [-0.2, -0.15) is 5.10 Å². The average Bonchev–Trinajstić information content (AvgIpc) is 3.75. The zero-order valence-electron chi connectivity index (χ0n) is 23.6. The number of fused-ring (bicyclic) bond motifs is 1. The number of furan rings is 1. The minimum absolute atomic E-state index is 0.0274. The van der Waals surface area contributed by atoms with Gasteiger partial charge in [-0.05, 0) is 49.7 Å². The summed E-state index contributed by atoms with van der Waals surface area (Å²) in [5, 5.41) is 5.28. The molecule has 220 valence electrons. The van der Waals surface area contributed by atoms with Crippen molar-refractivity contribution in [3.05, 3.63) is 59.7 Å². The first kappa shape index (κ1) is 27.8. The Bertz CT molecular complexity index is 1770. The number of carbonyl (C=O) groups excluding carboxylic acids is 2. The van der Waals surface area contributed by atoms with E-state index in [1.165, 1.54) is 6.26 Å². The predicted molar refractivity (Wildman–Crippen MR) is 154 cm³/mol. The summed E-state index contributed by atoms with van der Waals surface area (Å²) in [5.41, 5.74) is 2.68. The van der Waals surface area contributed by atoms with Gasteiger partial charge in [0.15, 0.2) is 32.7 Å². The normalized spacial score (nSPS) is 18.4. The van der Waals surface area contributed by atoms with Gasteiger partial charge in [-0.15, -0.1) is 0 Å². The Hall–Kier alpha value is -4.39. The zero-order valence-corrected chi connectivity index (χ0v) is 24.4. The highest BCUT2D eigenvalue weighted by molar-refractivity contribution is 7.91. The molecule has 1 unspecified atom stereocenters. The minimum Gasteiger partial charge on any atom is -0.493 e. The Labute approximate surface area is 242 Å². The van der Waals surface area contributed by atoms with Crippen molar-refractivity contribution < 1.29 is 31.9 Å². The molecule has 2 amide bonds. The van der Waals surface area contributed by atoms with Crippen LogP contribution in [0.25, 0.3) is 22.3 Å². The Kier molecular flexibility index (Phi) is 7.13. The molecule has 2 fully saturated rings. The molecule has 0 N–H and O–H groups in total. The van der Waals surface area contributed by atoms with Crippen LogP contribution in [0.1, 0.15) is 39.1 Å². The number of ether oxygens (including phenoxy) is 2. The minimum atomic E-state index is -3.19. The molecule has 0 aliphatic carbocycles. The number of sulfone groups is 1. The molecule has 12 nitrogen and oxygen atoms in total. The van der Waals surface area contributed by atoms with E-state index in [1.54, 1.807) is 66.0 Å². The Balaban J connectivity index is 1.40. The number of rotatable bonds is 6. The Morgan fingerprint density at radius 1 is 0.976 bits per heavy atom. The molecule has 4 aromatic rings. The summed E-state index contributed by atoms with van der Waals surface area (Å²) in [6.45, 7) is 3.21. The lowest BCUT2D eigenvalue weighted by molar-refractivity contribution is 0.0519. The van der Waals surface area contributed by atoms with Crippen LogP contribution in [-0.2, 0) is 9.84 Å². The van der Waals surface area contributed by atoms with Gasteiger partial charge in [0.2, 0.25) is 0 Å². The SMILES string of the molecule is COc1ccc(-c2cc(C(=O)N3CCN(C(=O)c4ccco4)CC3)c3c(C)nn(C4CCS(=O)(=O)C4)c3n2)cc1OC. The second-order valence-electron chi connectivity index (χ2n) is 10.5. The van der Waals surface area contributed by atoms with E-state index in [2.05, 4.69) is 0 Å². The molecular weight excluding hydrogens is 562 g/mol. The summed E-state index contributed by atoms with van der Waals surface area (Å²) in [5.74, 6) is 0.961. The van der Waals surface area contributed by atoms with E-state index >= 15 is 0 Å². The van der Waals surface area contributed by atoms with Gasteiger partial charge in [-0.25, -0.2) is 18.1 Å². The molecule has 5 heterocycles. The van der Waals surface area contributed by atoms with E-state index < -0.39 is 9.84 Å². The molecule has 0 spiro atoms. The molecule has 0 bridgehead atoms. The van der Waals surface area contributed by atoms with Crippen molar-refractivity contribution in [3.63, 3.8) is 0 Å². The van der Waals surface area contributed by atoms with Gasteiger partial charge in [0.1, 0.15) is 0 Å². The fourth-order valence-electron chi connectivity index (χ4n) is 5.69. The van der Waals surface area contributed by atoms with E-state index in [0.717, 1.165) is 0 Å². The number of aromatic nitrogens is 3. The van der Waals surface area contributed by atoms with Gasteiger partial charge in [0.25, 0.3) is 11.8 Å². The van der Waals surface area contributed by atoms with Crippen molar-refractivity contribution in [1.29, 1.82) is 0 Å². The molecule has 2 aliphatic rings. The largest absolute Gasteiger partial charge is 0.493 e. The van der Waals surface area contributed by atoms with Crippen LogP contribution in [-0.4, -0.2) is 96.7 Å². The molecule has 13 heteroatoms. The van der Waals surface area contributed by atoms with E-state index in [4.69, 9.17) is 24.0 Å². The van der Waals surface area contributed by atoms with Crippen LogP contribution in [0.15, 0.2) is 47.1 Å². The molecule has 3 aromatic heterocycles. The quantitative estimate of drug-likeness (QED) is 0.330. The maximum absolute atomic E-state index is 14.1. The number of nitrogens with zero attached hydrogens (tertiary/aromatic N) is 5. The number of aryl methyl sites for hydroxylation is 1. The molecule has 6 rings (SSSR count). The summed E-state index contributed by atoms with van der Waals surface area (Å²) >= 11 is 0. The van der Waals surface area contributed by atoms with Crippen molar-refractivity contribution in [2.45, 2.75) is 19.4 Å². The smallest absolute Gasteiger partial charge is 0.289 e. The first-order chi connectivity index (χ1) is 20.2. The molecule has 2 saturated heterocycles. The lowest BCUT2D eigenvalue weighted by Gasteiger charge is -2.34. The van der Waals surface area contributed by atoms with Crippen molar-refractivity contribution in [2.24, 2.45) is 0 Å². The second kappa shape index (κ2) is 10.8.